The van der Waals surface area contributed by atoms with Crippen LogP contribution in [0, 0.1) is 11.6 Å². The predicted molar refractivity (Wildman–Crippen MR) is 105 cm³/mol. The van der Waals surface area contributed by atoms with Gasteiger partial charge >= 0.3 is 0 Å². The SMILES string of the molecule is CC(C)(COCC(C)(C)c1ccc(F)c(Br)c1)c1ccc(F)c(Br)c1. The molecule has 1 nitrogen and oxygen atoms in total. The Kier molecular flexibility index (Phi) is 6.45. The zero-order valence-corrected chi connectivity index (χ0v) is 18.0. The Hall–Kier alpha value is -0.780. The molecule has 0 aliphatic rings. The van der Waals surface area contributed by atoms with Crippen LogP contribution in [-0.4, -0.2) is 13.2 Å². The van der Waals surface area contributed by atoms with Crippen molar-refractivity contribution < 1.29 is 13.5 Å². The highest BCUT2D eigenvalue weighted by molar-refractivity contribution is 9.10. The third-order valence-electron chi connectivity index (χ3n) is 4.33. The molecule has 0 N–H and O–H groups in total. The van der Waals surface area contributed by atoms with Crippen LogP contribution >= 0.6 is 31.9 Å². The van der Waals surface area contributed by atoms with Crippen molar-refractivity contribution in [1.82, 2.24) is 0 Å². The highest BCUT2D eigenvalue weighted by Crippen LogP contribution is 2.30. The summed E-state index contributed by atoms with van der Waals surface area (Å²) in [5.41, 5.74) is 1.50. The van der Waals surface area contributed by atoms with Gasteiger partial charge in [-0.2, -0.15) is 0 Å². The quantitative estimate of drug-likeness (QED) is 0.448. The van der Waals surface area contributed by atoms with Gasteiger partial charge in [0.25, 0.3) is 0 Å². The maximum Gasteiger partial charge on any atom is 0.137 e. The van der Waals surface area contributed by atoms with E-state index < -0.39 is 0 Å². The fraction of sp³-hybridized carbons (Fsp3) is 0.400. The Labute approximate surface area is 165 Å². The Morgan fingerprint density at radius 1 is 0.760 bits per heavy atom. The van der Waals surface area contributed by atoms with E-state index >= 15 is 0 Å². The van der Waals surface area contributed by atoms with Gasteiger partial charge in [-0.25, -0.2) is 8.78 Å². The van der Waals surface area contributed by atoms with E-state index in [2.05, 4.69) is 59.6 Å². The number of hydrogen-bond donors (Lipinski definition) is 0. The third-order valence-corrected chi connectivity index (χ3v) is 5.54. The Morgan fingerprint density at radius 2 is 1.12 bits per heavy atom. The Morgan fingerprint density at radius 3 is 1.44 bits per heavy atom. The molecule has 5 heteroatoms. The molecular formula is C20H22Br2F2O. The molecule has 2 rings (SSSR count). The topological polar surface area (TPSA) is 9.23 Å². The highest BCUT2D eigenvalue weighted by Gasteiger charge is 2.26. The summed E-state index contributed by atoms with van der Waals surface area (Å²) in [7, 11) is 0. The summed E-state index contributed by atoms with van der Waals surface area (Å²) in [6.07, 6.45) is 0. The average molecular weight is 476 g/mol. The van der Waals surface area contributed by atoms with Gasteiger partial charge in [0.05, 0.1) is 22.2 Å². The summed E-state index contributed by atoms with van der Waals surface area (Å²) in [5, 5.41) is 0. The van der Waals surface area contributed by atoms with Gasteiger partial charge in [-0.3, -0.25) is 0 Å². The fourth-order valence-electron chi connectivity index (χ4n) is 2.56. The molecule has 2 aromatic rings. The fourth-order valence-corrected chi connectivity index (χ4v) is 3.32. The number of benzene rings is 2. The van der Waals surface area contributed by atoms with Crippen molar-refractivity contribution in [3.63, 3.8) is 0 Å². The summed E-state index contributed by atoms with van der Waals surface area (Å²) in [6.45, 7) is 9.25. The molecule has 0 atom stereocenters. The van der Waals surface area contributed by atoms with Gasteiger partial charge in [0.2, 0.25) is 0 Å². The van der Waals surface area contributed by atoms with Crippen molar-refractivity contribution in [1.29, 1.82) is 0 Å². The molecule has 25 heavy (non-hydrogen) atoms. The van der Waals surface area contributed by atoms with Crippen LogP contribution in [0.25, 0.3) is 0 Å². The molecule has 0 unspecified atom stereocenters. The molecule has 0 saturated heterocycles. The van der Waals surface area contributed by atoms with Crippen LogP contribution in [0.15, 0.2) is 45.3 Å². The molecule has 0 fully saturated rings. The van der Waals surface area contributed by atoms with Crippen LogP contribution in [0.3, 0.4) is 0 Å². The molecule has 0 spiro atoms. The van der Waals surface area contributed by atoms with Gasteiger partial charge in [-0.05, 0) is 67.3 Å². The smallest absolute Gasteiger partial charge is 0.137 e. The lowest BCUT2D eigenvalue weighted by molar-refractivity contribution is 0.0633. The van der Waals surface area contributed by atoms with E-state index in [4.69, 9.17) is 4.74 Å². The molecular weight excluding hydrogens is 454 g/mol. The van der Waals surface area contributed by atoms with E-state index in [0.717, 1.165) is 11.1 Å². The first-order valence-corrected chi connectivity index (χ1v) is 9.60. The number of hydrogen-bond acceptors (Lipinski definition) is 1. The summed E-state index contributed by atoms with van der Waals surface area (Å²) < 4.78 is 33.8. The van der Waals surface area contributed by atoms with E-state index in [1.54, 1.807) is 24.3 Å². The van der Waals surface area contributed by atoms with Gasteiger partial charge in [0, 0.05) is 10.8 Å². The van der Waals surface area contributed by atoms with Crippen LogP contribution < -0.4 is 0 Å². The molecule has 0 saturated carbocycles. The summed E-state index contributed by atoms with van der Waals surface area (Å²) in [5.74, 6) is -0.549. The van der Waals surface area contributed by atoms with Crippen molar-refractivity contribution in [2.45, 2.75) is 38.5 Å². The molecule has 0 radical (unpaired) electrons. The van der Waals surface area contributed by atoms with Crippen LogP contribution in [0.2, 0.25) is 0 Å². The predicted octanol–water partition coefficient (Wildman–Crippen LogP) is 6.76. The second-order valence-electron chi connectivity index (χ2n) is 7.52. The standard InChI is InChI=1S/C20H22Br2F2O/c1-19(2,13-5-7-17(23)15(21)9-13)11-25-12-20(3,4)14-6-8-18(24)16(22)10-14/h5-10H,11-12H2,1-4H3. The minimum absolute atomic E-state index is 0.254. The number of ether oxygens (including phenoxy) is 1. The van der Waals surface area contributed by atoms with E-state index in [-0.39, 0.29) is 22.5 Å². The highest BCUT2D eigenvalue weighted by atomic mass is 79.9. The van der Waals surface area contributed by atoms with Gasteiger partial charge < -0.3 is 4.74 Å². The molecule has 0 heterocycles. The van der Waals surface area contributed by atoms with E-state index in [0.29, 0.717) is 22.2 Å². The lowest BCUT2D eigenvalue weighted by Gasteiger charge is -2.30. The van der Waals surface area contributed by atoms with Gasteiger partial charge in [0.15, 0.2) is 0 Å². The monoisotopic (exact) mass is 474 g/mol. The van der Waals surface area contributed by atoms with Gasteiger partial charge in [0.1, 0.15) is 11.6 Å². The zero-order valence-electron chi connectivity index (χ0n) is 14.8. The molecule has 2 aromatic carbocycles. The number of rotatable bonds is 6. The van der Waals surface area contributed by atoms with Crippen molar-refractivity contribution in [3.05, 3.63) is 68.1 Å². The lowest BCUT2D eigenvalue weighted by Crippen LogP contribution is -2.30. The molecule has 0 aliphatic carbocycles. The largest absolute Gasteiger partial charge is 0.380 e. The lowest BCUT2D eigenvalue weighted by atomic mass is 9.84. The van der Waals surface area contributed by atoms with Crippen molar-refractivity contribution >= 4 is 31.9 Å². The van der Waals surface area contributed by atoms with Gasteiger partial charge in [-0.1, -0.05) is 39.8 Å². The van der Waals surface area contributed by atoms with Crippen LogP contribution in [0.1, 0.15) is 38.8 Å². The van der Waals surface area contributed by atoms with Crippen molar-refractivity contribution in [2.24, 2.45) is 0 Å². The molecule has 0 amide bonds. The summed E-state index contributed by atoms with van der Waals surface area (Å²) in [4.78, 5) is 0. The molecule has 0 aromatic heterocycles. The molecule has 0 aliphatic heterocycles. The minimum Gasteiger partial charge on any atom is -0.380 e. The van der Waals surface area contributed by atoms with E-state index in [9.17, 15) is 8.78 Å². The first kappa shape index (κ1) is 20.5. The summed E-state index contributed by atoms with van der Waals surface area (Å²) >= 11 is 6.46. The first-order chi connectivity index (χ1) is 11.5. The van der Waals surface area contributed by atoms with E-state index in [1.807, 2.05) is 0 Å². The normalized spacial score (nSPS) is 12.5. The van der Waals surface area contributed by atoms with Crippen LogP contribution in [0.4, 0.5) is 8.78 Å². The third kappa shape index (κ3) is 5.11. The van der Waals surface area contributed by atoms with E-state index in [1.165, 1.54) is 12.1 Å². The average Bonchev–Trinajstić information content (AvgIpc) is 2.52. The van der Waals surface area contributed by atoms with Gasteiger partial charge in [-0.15, -0.1) is 0 Å². The Bertz CT molecular complexity index is 694. The number of halogens is 4. The minimum atomic E-state index is -0.275. The summed E-state index contributed by atoms with van der Waals surface area (Å²) in [6, 6.07) is 10.1. The van der Waals surface area contributed by atoms with Crippen molar-refractivity contribution in [2.75, 3.05) is 13.2 Å². The molecule has 0 bridgehead atoms. The second kappa shape index (κ2) is 7.85. The Balaban J connectivity index is 2.04. The zero-order chi connectivity index (χ0) is 18.8. The second-order valence-corrected chi connectivity index (χ2v) is 9.23. The maximum absolute atomic E-state index is 13.4. The molecule has 136 valence electrons. The maximum atomic E-state index is 13.4. The van der Waals surface area contributed by atoms with Crippen LogP contribution in [-0.2, 0) is 15.6 Å². The van der Waals surface area contributed by atoms with Crippen LogP contribution in [0.5, 0.6) is 0 Å². The van der Waals surface area contributed by atoms with Crippen molar-refractivity contribution in [3.8, 4) is 0 Å². The first-order valence-electron chi connectivity index (χ1n) is 8.02.